The number of nitrogens with zero attached hydrogens (tertiary/aromatic N) is 1. The quantitative estimate of drug-likeness (QED) is 0.801. The minimum atomic E-state index is -1.18. The number of benzene rings is 1. The lowest BCUT2D eigenvalue weighted by molar-refractivity contribution is -0.308. The van der Waals surface area contributed by atoms with Crippen molar-refractivity contribution in [1.29, 1.82) is 0 Å². The number of carbonyl (C=O) groups excluding carboxylic acids is 2. The lowest BCUT2D eigenvalue weighted by Gasteiger charge is -2.35. The Labute approximate surface area is 105 Å². The van der Waals surface area contributed by atoms with Gasteiger partial charge in [0.05, 0.1) is 17.7 Å². The Morgan fingerprint density at radius 1 is 1.44 bits per heavy atom. The molecule has 1 aliphatic heterocycles. The van der Waals surface area contributed by atoms with Crippen LogP contribution in [0.3, 0.4) is 0 Å². The highest BCUT2D eigenvalue weighted by atomic mass is 16.4. The Hall–Kier alpha value is -1.88. The van der Waals surface area contributed by atoms with Gasteiger partial charge in [0.2, 0.25) is 5.91 Å². The number of anilines is 1. The predicted octanol–water partition coefficient (Wildman–Crippen LogP) is 0.0533. The lowest BCUT2D eigenvalue weighted by atomic mass is 10.1. The van der Waals surface area contributed by atoms with Gasteiger partial charge < -0.3 is 9.90 Å². The molecule has 0 spiro atoms. The third-order valence-electron chi connectivity index (χ3n) is 3.07. The number of aliphatic carboxylic acids is 1. The fourth-order valence-electron chi connectivity index (χ4n) is 2.01. The summed E-state index contributed by atoms with van der Waals surface area (Å²) in [6, 6.07) is 4.89. The summed E-state index contributed by atoms with van der Waals surface area (Å²) >= 11 is 0. The molecule has 0 unspecified atom stereocenters. The minimum absolute atomic E-state index is 0.124. The summed E-state index contributed by atoms with van der Waals surface area (Å²) in [4.78, 5) is 22.8. The zero-order valence-corrected chi connectivity index (χ0v) is 10.4. The first-order valence-corrected chi connectivity index (χ1v) is 5.86. The molecular formula is C13H15N2O3-. The zero-order valence-electron chi connectivity index (χ0n) is 10.4. The van der Waals surface area contributed by atoms with Crippen molar-refractivity contribution in [2.24, 2.45) is 0 Å². The highest BCUT2D eigenvalue weighted by molar-refractivity contribution is 5.95. The van der Waals surface area contributed by atoms with E-state index in [9.17, 15) is 14.7 Å². The van der Waals surface area contributed by atoms with Gasteiger partial charge in [-0.2, -0.15) is 0 Å². The van der Waals surface area contributed by atoms with Crippen molar-refractivity contribution in [1.82, 2.24) is 5.43 Å². The smallest absolute Gasteiger partial charge is 0.241 e. The molecule has 0 radical (unpaired) electrons. The maximum Gasteiger partial charge on any atom is 0.241 e. The third kappa shape index (κ3) is 2.36. The molecule has 5 nitrogen and oxygen atoms in total. The molecule has 18 heavy (non-hydrogen) atoms. The van der Waals surface area contributed by atoms with Gasteiger partial charge >= 0.3 is 0 Å². The minimum Gasteiger partial charge on any atom is -0.548 e. The third-order valence-corrected chi connectivity index (χ3v) is 3.07. The number of hydrogen-bond acceptors (Lipinski definition) is 4. The molecule has 1 heterocycles. The molecule has 5 heteroatoms. The van der Waals surface area contributed by atoms with Crippen molar-refractivity contribution >= 4 is 17.6 Å². The molecule has 0 saturated carbocycles. The molecule has 1 fully saturated rings. The van der Waals surface area contributed by atoms with Crippen LogP contribution >= 0.6 is 0 Å². The van der Waals surface area contributed by atoms with Gasteiger partial charge in [-0.05, 0) is 37.5 Å². The van der Waals surface area contributed by atoms with Crippen molar-refractivity contribution in [2.45, 2.75) is 32.7 Å². The van der Waals surface area contributed by atoms with Crippen LogP contribution in [0.2, 0.25) is 0 Å². The molecule has 1 saturated heterocycles. The standard InChI is InChI=1S/C13H16N2O3/c1-8-3-4-9(2)11(7-8)15-12(16)6-5-10(14-15)13(17)18/h3-4,7,10,14H,5-6H2,1-2H3,(H,17,18)/p-1/t10-/m1/s1. The van der Waals surface area contributed by atoms with Gasteiger partial charge in [-0.25, -0.2) is 10.4 Å². The molecule has 1 aromatic rings. The van der Waals surface area contributed by atoms with E-state index in [2.05, 4.69) is 5.43 Å². The Bertz CT molecular complexity index is 499. The zero-order chi connectivity index (χ0) is 13.3. The van der Waals surface area contributed by atoms with E-state index in [1.165, 1.54) is 5.01 Å². The van der Waals surface area contributed by atoms with Crippen LogP contribution in [0.25, 0.3) is 0 Å². The van der Waals surface area contributed by atoms with Crippen molar-refractivity contribution < 1.29 is 14.7 Å². The van der Waals surface area contributed by atoms with Crippen LogP contribution in [0.1, 0.15) is 24.0 Å². The molecule has 1 aliphatic rings. The van der Waals surface area contributed by atoms with E-state index in [1.807, 2.05) is 32.0 Å². The van der Waals surface area contributed by atoms with Crippen molar-refractivity contribution in [2.75, 3.05) is 5.01 Å². The Morgan fingerprint density at radius 2 is 2.17 bits per heavy atom. The van der Waals surface area contributed by atoms with Gasteiger partial charge in [-0.3, -0.25) is 4.79 Å². The Morgan fingerprint density at radius 3 is 2.83 bits per heavy atom. The van der Waals surface area contributed by atoms with E-state index in [-0.39, 0.29) is 18.7 Å². The summed E-state index contributed by atoms with van der Waals surface area (Å²) in [5, 5.41) is 12.2. The second-order valence-corrected chi connectivity index (χ2v) is 4.56. The van der Waals surface area contributed by atoms with Gasteiger partial charge in [0.1, 0.15) is 0 Å². The van der Waals surface area contributed by atoms with Crippen LogP contribution in [0.15, 0.2) is 18.2 Å². The fourth-order valence-corrected chi connectivity index (χ4v) is 2.01. The van der Waals surface area contributed by atoms with E-state index >= 15 is 0 Å². The number of carboxylic acids is 1. The van der Waals surface area contributed by atoms with Crippen molar-refractivity contribution in [3.63, 3.8) is 0 Å². The number of carboxylic acid groups (broad SMARTS) is 1. The highest BCUT2D eigenvalue weighted by Crippen LogP contribution is 2.23. The van der Waals surface area contributed by atoms with E-state index in [4.69, 9.17) is 0 Å². The fraction of sp³-hybridized carbons (Fsp3) is 0.385. The van der Waals surface area contributed by atoms with Gasteiger partial charge in [0, 0.05) is 6.42 Å². The summed E-state index contributed by atoms with van der Waals surface area (Å²) in [5.74, 6) is -1.31. The lowest BCUT2D eigenvalue weighted by Crippen LogP contribution is -2.59. The van der Waals surface area contributed by atoms with Crippen molar-refractivity contribution in [3.05, 3.63) is 29.3 Å². The summed E-state index contributed by atoms with van der Waals surface area (Å²) in [6.45, 7) is 3.81. The largest absolute Gasteiger partial charge is 0.548 e. The first-order valence-electron chi connectivity index (χ1n) is 5.86. The van der Waals surface area contributed by atoms with Gasteiger partial charge in [-0.1, -0.05) is 12.1 Å². The normalized spacial score (nSPS) is 20.0. The van der Waals surface area contributed by atoms with Crippen molar-refractivity contribution in [3.8, 4) is 0 Å². The Kier molecular flexibility index (Phi) is 3.34. The van der Waals surface area contributed by atoms with Gasteiger partial charge in [0.25, 0.3) is 0 Å². The first-order chi connectivity index (χ1) is 8.49. The summed E-state index contributed by atoms with van der Waals surface area (Å²) in [6.07, 6.45) is 0.474. The van der Waals surface area contributed by atoms with Crippen LogP contribution in [0, 0.1) is 13.8 Å². The number of rotatable bonds is 2. The molecule has 1 atom stereocenters. The summed E-state index contributed by atoms with van der Waals surface area (Å²) in [5.41, 5.74) is 5.34. The molecule has 96 valence electrons. The Balaban J connectivity index is 2.32. The van der Waals surface area contributed by atoms with Crippen LogP contribution in [-0.4, -0.2) is 17.9 Å². The molecule has 0 aromatic heterocycles. The number of nitrogens with one attached hydrogen (secondary N) is 1. The molecule has 1 N–H and O–H groups in total. The van der Waals surface area contributed by atoms with E-state index in [1.54, 1.807) is 0 Å². The molecule has 0 aliphatic carbocycles. The predicted molar refractivity (Wildman–Crippen MR) is 64.6 cm³/mol. The highest BCUT2D eigenvalue weighted by Gasteiger charge is 2.27. The first kappa shape index (κ1) is 12.6. The molecular weight excluding hydrogens is 232 g/mol. The number of hydrogen-bond donors (Lipinski definition) is 1. The summed E-state index contributed by atoms with van der Waals surface area (Å²) < 4.78 is 0. The average molecular weight is 247 g/mol. The monoisotopic (exact) mass is 247 g/mol. The van der Waals surface area contributed by atoms with E-state index in [0.717, 1.165) is 11.1 Å². The van der Waals surface area contributed by atoms with Crippen LogP contribution in [0.5, 0.6) is 0 Å². The maximum atomic E-state index is 11.9. The van der Waals surface area contributed by atoms with Gasteiger partial charge in [0.15, 0.2) is 0 Å². The number of hydrazine groups is 1. The molecule has 0 bridgehead atoms. The van der Waals surface area contributed by atoms with Crippen LogP contribution < -0.4 is 15.5 Å². The molecule has 1 aromatic carbocycles. The van der Waals surface area contributed by atoms with Crippen LogP contribution in [-0.2, 0) is 9.59 Å². The number of carbonyl (C=O) groups is 2. The topological polar surface area (TPSA) is 72.5 Å². The SMILES string of the molecule is Cc1ccc(C)c(N2N[C@@H](C(=O)[O-])CCC2=O)c1. The van der Waals surface area contributed by atoms with Crippen LogP contribution in [0.4, 0.5) is 5.69 Å². The number of amides is 1. The second-order valence-electron chi connectivity index (χ2n) is 4.56. The number of aryl methyl sites for hydroxylation is 2. The maximum absolute atomic E-state index is 11.9. The van der Waals surface area contributed by atoms with E-state index in [0.29, 0.717) is 5.69 Å². The second kappa shape index (κ2) is 4.78. The molecule has 2 rings (SSSR count). The average Bonchev–Trinajstić information content (AvgIpc) is 2.33. The molecule has 1 amide bonds. The summed E-state index contributed by atoms with van der Waals surface area (Å²) in [7, 11) is 0. The van der Waals surface area contributed by atoms with Gasteiger partial charge in [-0.15, -0.1) is 0 Å². The van der Waals surface area contributed by atoms with E-state index < -0.39 is 12.0 Å².